The molecule has 0 spiro atoms. The maximum atomic E-state index is 11.2. The monoisotopic (exact) mass is 400 g/mol. The molecule has 1 aliphatic carbocycles. The SMILES string of the molecule is CC(=O)NCCC1CCSc2ccc3c(=S)n(C4CCCCC4)ccc3c21. The second-order valence-electron chi connectivity index (χ2n) is 7.86. The predicted octanol–water partition coefficient (Wildman–Crippen LogP) is 5.98. The molecule has 1 aromatic heterocycles. The molecule has 2 aromatic rings. The molecule has 1 amide bonds. The number of nitrogens with zero attached hydrogens (tertiary/aromatic N) is 1. The van der Waals surface area contributed by atoms with Crippen molar-refractivity contribution in [2.75, 3.05) is 12.3 Å². The molecule has 4 rings (SSSR count). The number of fused-ring (bicyclic) bond motifs is 3. The second-order valence-corrected chi connectivity index (χ2v) is 9.39. The van der Waals surface area contributed by atoms with Crippen molar-refractivity contribution in [1.29, 1.82) is 0 Å². The van der Waals surface area contributed by atoms with Crippen LogP contribution < -0.4 is 5.32 Å². The van der Waals surface area contributed by atoms with Gasteiger partial charge in [-0.3, -0.25) is 4.79 Å². The lowest BCUT2D eigenvalue weighted by Gasteiger charge is -2.29. The lowest BCUT2D eigenvalue weighted by molar-refractivity contribution is -0.118. The van der Waals surface area contributed by atoms with E-state index in [1.54, 1.807) is 6.92 Å². The van der Waals surface area contributed by atoms with Crippen LogP contribution in [0.2, 0.25) is 0 Å². The first kappa shape index (κ1) is 19.0. The Labute approximate surface area is 170 Å². The van der Waals surface area contributed by atoms with Gasteiger partial charge in [-0.15, -0.1) is 11.8 Å². The zero-order valence-corrected chi connectivity index (χ0v) is 17.6. The fraction of sp³-hybridized carbons (Fsp3) is 0.545. The molecule has 1 N–H and O–H groups in total. The molecule has 2 heterocycles. The van der Waals surface area contributed by atoms with Crippen LogP contribution in [0.15, 0.2) is 29.3 Å². The van der Waals surface area contributed by atoms with Gasteiger partial charge in [0, 0.05) is 36.0 Å². The molecule has 1 atom stereocenters. The van der Waals surface area contributed by atoms with Crippen LogP contribution in [0.1, 0.15) is 69.4 Å². The predicted molar refractivity (Wildman–Crippen MR) is 116 cm³/mol. The molecule has 0 bridgehead atoms. The molecule has 0 saturated heterocycles. The average molecular weight is 401 g/mol. The van der Waals surface area contributed by atoms with Gasteiger partial charge in [0.15, 0.2) is 0 Å². The summed E-state index contributed by atoms with van der Waals surface area (Å²) in [6, 6.07) is 7.37. The van der Waals surface area contributed by atoms with Crippen LogP contribution in [0.4, 0.5) is 0 Å². The number of thioether (sulfide) groups is 1. The van der Waals surface area contributed by atoms with Crippen molar-refractivity contribution in [2.45, 2.75) is 68.7 Å². The number of amides is 1. The summed E-state index contributed by atoms with van der Waals surface area (Å²) in [6.45, 7) is 2.34. The van der Waals surface area contributed by atoms with Crippen LogP contribution in [-0.2, 0) is 4.79 Å². The lowest BCUT2D eigenvalue weighted by atomic mass is 9.88. The fourth-order valence-corrected chi connectivity index (χ4v) is 6.31. The zero-order valence-electron chi connectivity index (χ0n) is 16.0. The van der Waals surface area contributed by atoms with Gasteiger partial charge in [-0.2, -0.15) is 0 Å². The van der Waals surface area contributed by atoms with Gasteiger partial charge in [-0.25, -0.2) is 0 Å². The van der Waals surface area contributed by atoms with Gasteiger partial charge >= 0.3 is 0 Å². The summed E-state index contributed by atoms with van der Waals surface area (Å²) < 4.78 is 3.35. The number of benzene rings is 1. The molecular weight excluding hydrogens is 372 g/mol. The van der Waals surface area contributed by atoms with Gasteiger partial charge in [0.25, 0.3) is 0 Å². The number of hydrogen-bond acceptors (Lipinski definition) is 3. The van der Waals surface area contributed by atoms with Crippen molar-refractivity contribution in [3.8, 4) is 0 Å². The molecule has 1 aromatic carbocycles. The van der Waals surface area contributed by atoms with Gasteiger partial charge < -0.3 is 9.88 Å². The summed E-state index contributed by atoms with van der Waals surface area (Å²) in [5.41, 5.74) is 1.45. The first-order valence-electron chi connectivity index (χ1n) is 10.2. The van der Waals surface area contributed by atoms with Crippen molar-refractivity contribution in [2.24, 2.45) is 0 Å². The summed E-state index contributed by atoms with van der Waals surface area (Å²) >= 11 is 7.90. The average Bonchev–Trinajstić information content (AvgIpc) is 2.68. The Kier molecular flexibility index (Phi) is 5.88. The Hall–Kier alpha value is -1.33. The topological polar surface area (TPSA) is 34.0 Å². The Morgan fingerprint density at radius 2 is 2.00 bits per heavy atom. The van der Waals surface area contributed by atoms with E-state index < -0.39 is 0 Å². The van der Waals surface area contributed by atoms with E-state index in [4.69, 9.17) is 12.2 Å². The molecule has 2 aliphatic rings. The Bertz CT molecular complexity index is 899. The second kappa shape index (κ2) is 8.36. The normalized spacial score (nSPS) is 20.4. The molecule has 1 aliphatic heterocycles. The summed E-state index contributed by atoms with van der Waals surface area (Å²) in [5.74, 6) is 1.70. The molecule has 27 heavy (non-hydrogen) atoms. The van der Waals surface area contributed by atoms with Crippen LogP contribution in [0.25, 0.3) is 10.8 Å². The number of carbonyl (C=O) groups excluding carboxylic acids is 1. The molecule has 1 saturated carbocycles. The van der Waals surface area contributed by atoms with Crippen molar-refractivity contribution in [1.82, 2.24) is 9.88 Å². The van der Waals surface area contributed by atoms with Gasteiger partial charge in [0.2, 0.25) is 5.91 Å². The third-order valence-corrected chi connectivity index (χ3v) is 7.62. The van der Waals surface area contributed by atoms with E-state index in [0.717, 1.165) is 23.4 Å². The minimum Gasteiger partial charge on any atom is -0.356 e. The summed E-state index contributed by atoms with van der Waals surface area (Å²) in [5, 5.41) is 5.51. The lowest BCUT2D eigenvalue weighted by Crippen LogP contribution is -2.23. The van der Waals surface area contributed by atoms with Crippen LogP contribution in [0.5, 0.6) is 0 Å². The maximum Gasteiger partial charge on any atom is 0.216 e. The Morgan fingerprint density at radius 3 is 2.78 bits per heavy atom. The van der Waals surface area contributed by atoms with Crippen molar-refractivity contribution >= 4 is 40.7 Å². The highest BCUT2D eigenvalue weighted by Gasteiger charge is 2.24. The number of rotatable bonds is 4. The largest absolute Gasteiger partial charge is 0.356 e. The summed E-state index contributed by atoms with van der Waals surface area (Å²) in [6.07, 6.45) is 10.9. The standard InChI is InChI=1S/C22H28N2OS2/c1-15(25)23-12-9-16-11-14-27-20-8-7-19-18(21(16)20)10-13-24(22(19)26)17-5-3-2-4-6-17/h7-8,10,13,16-17H,2-6,9,11-12,14H2,1H3,(H,23,25). The number of aromatic nitrogens is 1. The molecule has 1 unspecified atom stereocenters. The maximum absolute atomic E-state index is 11.2. The first-order valence-corrected chi connectivity index (χ1v) is 11.6. The third kappa shape index (κ3) is 3.95. The van der Waals surface area contributed by atoms with E-state index in [2.05, 4.69) is 34.3 Å². The molecule has 0 radical (unpaired) electrons. The van der Waals surface area contributed by atoms with Crippen LogP contribution in [0.3, 0.4) is 0 Å². The molecule has 1 fully saturated rings. The van der Waals surface area contributed by atoms with Crippen molar-refractivity contribution < 1.29 is 4.79 Å². The van der Waals surface area contributed by atoms with Crippen LogP contribution in [-0.4, -0.2) is 22.8 Å². The van der Waals surface area contributed by atoms with Crippen LogP contribution >= 0.6 is 24.0 Å². The molecular formula is C22H28N2OS2. The van der Waals surface area contributed by atoms with Gasteiger partial charge in [0.05, 0.1) is 0 Å². The zero-order chi connectivity index (χ0) is 18.8. The minimum absolute atomic E-state index is 0.0553. The van der Waals surface area contributed by atoms with E-state index in [-0.39, 0.29) is 5.91 Å². The highest BCUT2D eigenvalue weighted by Crippen LogP contribution is 2.43. The Balaban J connectivity index is 1.71. The van der Waals surface area contributed by atoms with Crippen molar-refractivity contribution in [3.63, 3.8) is 0 Å². The van der Waals surface area contributed by atoms with Crippen molar-refractivity contribution in [3.05, 3.63) is 34.6 Å². The van der Waals surface area contributed by atoms with Gasteiger partial charge in [0.1, 0.15) is 4.64 Å². The quantitative estimate of drug-likeness (QED) is 0.641. The minimum atomic E-state index is 0.0553. The molecule has 5 heteroatoms. The Morgan fingerprint density at radius 1 is 1.19 bits per heavy atom. The van der Waals surface area contributed by atoms with E-state index in [9.17, 15) is 4.79 Å². The molecule has 144 valence electrons. The number of pyridine rings is 1. The highest BCUT2D eigenvalue weighted by atomic mass is 32.2. The fourth-order valence-electron chi connectivity index (χ4n) is 4.70. The summed E-state index contributed by atoms with van der Waals surface area (Å²) in [7, 11) is 0. The highest BCUT2D eigenvalue weighted by molar-refractivity contribution is 7.99. The molecule has 3 nitrogen and oxygen atoms in total. The van der Waals surface area contributed by atoms with E-state index >= 15 is 0 Å². The van der Waals surface area contributed by atoms with Crippen LogP contribution in [0, 0.1) is 4.64 Å². The first-order chi connectivity index (χ1) is 13.1. The number of nitrogens with one attached hydrogen (secondary N) is 1. The van der Waals surface area contributed by atoms with E-state index in [0.29, 0.717) is 12.0 Å². The summed E-state index contributed by atoms with van der Waals surface area (Å²) in [4.78, 5) is 12.6. The van der Waals surface area contributed by atoms with Gasteiger partial charge in [-0.05, 0) is 60.4 Å². The number of carbonyl (C=O) groups is 1. The smallest absolute Gasteiger partial charge is 0.216 e. The number of hydrogen-bond donors (Lipinski definition) is 1. The third-order valence-electron chi connectivity index (χ3n) is 6.08. The van der Waals surface area contributed by atoms with E-state index in [1.807, 2.05) is 11.8 Å². The van der Waals surface area contributed by atoms with E-state index in [1.165, 1.54) is 59.8 Å². The van der Waals surface area contributed by atoms with Gasteiger partial charge in [-0.1, -0.05) is 37.5 Å².